The van der Waals surface area contributed by atoms with Crippen LogP contribution in [0.4, 0.5) is 0 Å². The van der Waals surface area contributed by atoms with Crippen LogP contribution in [0.5, 0.6) is 0 Å². The van der Waals surface area contributed by atoms with Crippen LogP contribution in [0.1, 0.15) is 17.5 Å². The summed E-state index contributed by atoms with van der Waals surface area (Å²) in [7, 11) is 3.33. The van der Waals surface area contributed by atoms with E-state index >= 15 is 0 Å². The number of carbonyl (C=O) groups is 1. The predicted molar refractivity (Wildman–Crippen MR) is 69.7 cm³/mol. The summed E-state index contributed by atoms with van der Waals surface area (Å²) in [5.41, 5.74) is 2.33. The van der Waals surface area contributed by atoms with Crippen LogP contribution >= 0.6 is 0 Å². The van der Waals surface area contributed by atoms with Crippen molar-refractivity contribution in [1.29, 1.82) is 0 Å². The minimum absolute atomic E-state index is 0.168. The zero-order valence-corrected chi connectivity index (χ0v) is 10.4. The van der Waals surface area contributed by atoms with Gasteiger partial charge in [-0.25, -0.2) is 0 Å². The molecule has 3 heteroatoms. The van der Waals surface area contributed by atoms with Crippen LogP contribution in [-0.2, 0) is 16.0 Å². The van der Waals surface area contributed by atoms with Gasteiger partial charge in [0, 0.05) is 13.0 Å². The first-order valence-corrected chi connectivity index (χ1v) is 5.73. The van der Waals surface area contributed by atoms with Crippen molar-refractivity contribution in [2.24, 2.45) is 0 Å². The monoisotopic (exact) mass is 233 g/mol. The molecule has 0 saturated heterocycles. The van der Waals surface area contributed by atoms with Gasteiger partial charge in [-0.05, 0) is 24.6 Å². The molecule has 0 aliphatic carbocycles. The van der Waals surface area contributed by atoms with Crippen molar-refractivity contribution in [2.75, 3.05) is 20.7 Å². The van der Waals surface area contributed by atoms with Crippen LogP contribution in [0.2, 0.25) is 0 Å². The number of methoxy groups -OCH3 is 1. The largest absolute Gasteiger partial charge is 0.469 e. The zero-order valence-electron chi connectivity index (χ0n) is 10.4. The van der Waals surface area contributed by atoms with Crippen molar-refractivity contribution < 1.29 is 9.53 Å². The average Bonchev–Trinajstić information content (AvgIpc) is 2.37. The van der Waals surface area contributed by atoms with Gasteiger partial charge in [0.1, 0.15) is 0 Å². The van der Waals surface area contributed by atoms with Gasteiger partial charge in [-0.3, -0.25) is 4.79 Å². The maximum absolute atomic E-state index is 11.1. The zero-order chi connectivity index (χ0) is 12.5. The van der Waals surface area contributed by atoms with E-state index in [1.807, 2.05) is 25.2 Å². The van der Waals surface area contributed by atoms with Crippen LogP contribution in [0.15, 0.2) is 30.3 Å². The highest BCUT2D eigenvalue weighted by Crippen LogP contribution is 2.13. The summed E-state index contributed by atoms with van der Waals surface area (Å²) < 4.78 is 4.64. The van der Waals surface area contributed by atoms with E-state index in [4.69, 9.17) is 0 Å². The number of ether oxygens (including phenoxy) is 1. The summed E-state index contributed by atoms with van der Waals surface area (Å²) in [6.45, 7) is 0.839. The molecule has 0 bridgehead atoms. The molecular formula is C14H19NO2. The van der Waals surface area contributed by atoms with E-state index in [9.17, 15) is 4.79 Å². The molecule has 0 atom stereocenters. The van der Waals surface area contributed by atoms with E-state index in [1.54, 1.807) is 0 Å². The number of aryl methyl sites for hydroxylation is 1. The van der Waals surface area contributed by atoms with Gasteiger partial charge in [-0.15, -0.1) is 0 Å². The Hall–Kier alpha value is -1.61. The number of likely N-dealkylation sites (N-methyl/N-ethyl adjacent to an activating group) is 1. The van der Waals surface area contributed by atoms with Crippen molar-refractivity contribution >= 4 is 12.0 Å². The molecule has 1 aromatic carbocycles. The normalized spacial score (nSPS) is 10.7. The van der Waals surface area contributed by atoms with Gasteiger partial charge in [0.2, 0.25) is 0 Å². The van der Waals surface area contributed by atoms with Crippen molar-refractivity contribution in [3.63, 3.8) is 0 Å². The van der Waals surface area contributed by atoms with E-state index < -0.39 is 0 Å². The van der Waals surface area contributed by atoms with Gasteiger partial charge in [-0.1, -0.05) is 36.4 Å². The Morgan fingerprint density at radius 3 is 2.88 bits per heavy atom. The molecule has 1 aromatic rings. The lowest BCUT2D eigenvalue weighted by Crippen LogP contribution is -2.04. The number of benzene rings is 1. The van der Waals surface area contributed by atoms with Crippen LogP contribution in [0, 0.1) is 0 Å². The van der Waals surface area contributed by atoms with E-state index in [-0.39, 0.29) is 5.97 Å². The Morgan fingerprint density at radius 1 is 1.41 bits per heavy atom. The molecule has 1 rings (SSSR count). The number of nitrogens with one attached hydrogen (secondary N) is 1. The molecule has 0 radical (unpaired) electrons. The fraction of sp³-hybridized carbons (Fsp3) is 0.357. The number of esters is 1. The topological polar surface area (TPSA) is 38.3 Å². The number of rotatable bonds is 6. The predicted octanol–water partition coefficient (Wildman–Crippen LogP) is 2.02. The lowest BCUT2D eigenvalue weighted by molar-refractivity contribution is -0.140. The molecule has 1 N–H and O–H groups in total. The van der Waals surface area contributed by atoms with Crippen LogP contribution in [0.3, 0.4) is 0 Å². The average molecular weight is 233 g/mol. The molecule has 0 saturated carbocycles. The second-order valence-electron chi connectivity index (χ2n) is 3.73. The summed E-state index contributed by atoms with van der Waals surface area (Å²) in [5.74, 6) is -0.168. The van der Waals surface area contributed by atoms with Crippen molar-refractivity contribution in [3.8, 4) is 0 Å². The molecule has 17 heavy (non-hydrogen) atoms. The summed E-state index contributed by atoms with van der Waals surface area (Å²) in [5, 5.41) is 3.06. The van der Waals surface area contributed by atoms with Gasteiger partial charge in [0.15, 0.2) is 0 Å². The van der Waals surface area contributed by atoms with E-state index in [2.05, 4.69) is 28.3 Å². The maximum atomic E-state index is 11.1. The summed E-state index contributed by atoms with van der Waals surface area (Å²) in [6, 6.07) is 8.09. The third kappa shape index (κ3) is 4.83. The Morgan fingerprint density at radius 2 is 2.18 bits per heavy atom. The SMILES string of the molecule is CNCC=Cc1ccccc1CCC(=O)OC. The molecule has 0 spiro atoms. The third-order valence-corrected chi connectivity index (χ3v) is 2.50. The molecule has 0 amide bonds. The number of hydrogen-bond donors (Lipinski definition) is 1. The fourth-order valence-corrected chi connectivity index (χ4v) is 1.57. The smallest absolute Gasteiger partial charge is 0.305 e. The second kappa shape index (κ2) is 7.63. The third-order valence-electron chi connectivity index (χ3n) is 2.50. The Labute approximate surface area is 102 Å². The van der Waals surface area contributed by atoms with Gasteiger partial charge >= 0.3 is 5.97 Å². The summed E-state index contributed by atoms with van der Waals surface area (Å²) in [4.78, 5) is 11.1. The van der Waals surface area contributed by atoms with E-state index in [1.165, 1.54) is 12.7 Å². The molecule has 0 aliphatic rings. The van der Waals surface area contributed by atoms with E-state index in [0.717, 1.165) is 12.1 Å². The highest BCUT2D eigenvalue weighted by Gasteiger charge is 2.03. The van der Waals surface area contributed by atoms with Crippen LogP contribution in [0.25, 0.3) is 6.08 Å². The fourth-order valence-electron chi connectivity index (χ4n) is 1.57. The lowest BCUT2D eigenvalue weighted by atomic mass is 10.0. The van der Waals surface area contributed by atoms with Gasteiger partial charge < -0.3 is 10.1 Å². The Bertz CT molecular complexity index is 386. The van der Waals surface area contributed by atoms with Gasteiger partial charge in [-0.2, -0.15) is 0 Å². The minimum atomic E-state index is -0.168. The number of hydrogen-bond acceptors (Lipinski definition) is 3. The second-order valence-corrected chi connectivity index (χ2v) is 3.73. The summed E-state index contributed by atoms with van der Waals surface area (Å²) in [6.07, 6.45) is 5.28. The Kier molecular flexibility index (Phi) is 6.04. The van der Waals surface area contributed by atoms with Crippen molar-refractivity contribution in [1.82, 2.24) is 5.32 Å². The standard InChI is InChI=1S/C14H19NO2/c1-15-11-5-8-12-6-3-4-7-13(12)9-10-14(16)17-2/h3-8,15H,9-11H2,1-2H3. The minimum Gasteiger partial charge on any atom is -0.469 e. The maximum Gasteiger partial charge on any atom is 0.305 e. The first kappa shape index (κ1) is 13.5. The molecule has 92 valence electrons. The first-order chi connectivity index (χ1) is 8.27. The quantitative estimate of drug-likeness (QED) is 0.764. The van der Waals surface area contributed by atoms with Gasteiger partial charge in [0.25, 0.3) is 0 Å². The first-order valence-electron chi connectivity index (χ1n) is 5.73. The highest BCUT2D eigenvalue weighted by molar-refractivity contribution is 5.69. The molecule has 3 nitrogen and oxygen atoms in total. The van der Waals surface area contributed by atoms with Crippen molar-refractivity contribution in [2.45, 2.75) is 12.8 Å². The lowest BCUT2D eigenvalue weighted by Gasteiger charge is -2.05. The van der Waals surface area contributed by atoms with Crippen LogP contribution in [-0.4, -0.2) is 26.7 Å². The molecular weight excluding hydrogens is 214 g/mol. The van der Waals surface area contributed by atoms with Crippen LogP contribution < -0.4 is 5.32 Å². The molecule has 0 aromatic heterocycles. The number of carbonyl (C=O) groups excluding carboxylic acids is 1. The Balaban J connectivity index is 2.67. The molecule has 0 heterocycles. The van der Waals surface area contributed by atoms with Crippen molar-refractivity contribution in [3.05, 3.63) is 41.5 Å². The molecule has 0 unspecified atom stereocenters. The summed E-state index contributed by atoms with van der Waals surface area (Å²) >= 11 is 0. The molecule has 0 aliphatic heterocycles. The highest BCUT2D eigenvalue weighted by atomic mass is 16.5. The van der Waals surface area contributed by atoms with E-state index in [0.29, 0.717) is 12.8 Å². The van der Waals surface area contributed by atoms with Gasteiger partial charge in [0.05, 0.1) is 7.11 Å². The molecule has 0 fully saturated rings.